The maximum absolute atomic E-state index is 15.6. The summed E-state index contributed by atoms with van der Waals surface area (Å²) in [6.45, 7) is 5.06. The summed E-state index contributed by atoms with van der Waals surface area (Å²) in [6, 6.07) is 20.7. The summed E-state index contributed by atoms with van der Waals surface area (Å²) in [6.07, 6.45) is 0.183. The predicted octanol–water partition coefficient (Wildman–Crippen LogP) is 6.71. The number of nitriles is 1. The molecule has 1 saturated heterocycles. The highest BCUT2D eigenvalue weighted by molar-refractivity contribution is 5.92. The number of carbonyl (C=O) groups is 1. The van der Waals surface area contributed by atoms with Crippen LogP contribution in [0.5, 0.6) is 5.88 Å². The van der Waals surface area contributed by atoms with Crippen molar-refractivity contribution in [3.8, 4) is 23.2 Å². The summed E-state index contributed by atoms with van der Waals surface area (Å²) in [5, 5.41) is 18.5. The van der Waals surface area contributed by atoms with Crippen LogP contribution in [0.4, 0.5) is 8.78 Å². The van der Waals surface area contributed by atoms with E-state index in [9.17, 15) is 14.3 Å². The maximum atomic E-state index is 15.6. The van der Waals surface area contributed by atoms with Crippen molar-refractivity contribution >= 4 is 17.0 Å². The van der Waals surface area contributed by atoms with Crippen molar-refractivity contribution in [3.63, 3.8) is 0 Å². The molecule has 10 heteroatoms. The average molecular weight is 595 g/mol. The summed E-state index contributed by atoms with van der Waals surface area (Å²) in [4.78, 5) is 21.0. The number of aromatic carboxylic acids is 1. The molecule has 0 amide bonds. The SMILES string of the molecule is CC1(C)COCC1n1c(Cc2ccc(-c3cccc(OCc4ccc(C#N)cc4F)n3)cc2F)nc2ccc(C(=O)O)cc21. The Kier molecular flexibility index (Phi) is 7.57. The molecule has 1 N–H and O–H groups in total. The Morgan fingerprint density at radius 1 is 1.07 bits per heavy atom. The Labute approximate surface area is 252 Å². The van der Waals surface area contributed by atoms with Crippen molar-refractivity contribution in [2.45, 2.75) is 32.9 Å². The molecule has 1 aliphatic heterocycles. The van der Waals surface area contributed by atoms with Crippen LogP contribution in [0.3, 0.4) is 0 Å². The summed E-state index contributed by atoms with van der Waals surface area (Å²) < 4.78 is 43.4. The molecule has 0 saturated carbocycles. The van der Waals surface area contributed by atoms with Gasteiger partial charge in [0.05, 0.1) is 53.2 Å². The maximum Gasteiger partial charge on any atom is 0.335 e. The zero-order valence-electron chi connectivity index (χ0n) is 24.1. The van der Waals surface area contributed by atoms with E-state index in [1.54, 1.807) is 42.5 Å². The van der Waals surface area contributed by atoms with E-state index in [1.165, 1.54) is 24.3 Å². The fraction of sp³-hybridized carbons (Fsp3) is 0.235. The number of pyridine rings is 1. The monoisotopic (exact) mass is 594 g/mol. The molecule has 2 aromatic heterocycles. The van der Waals surface area contributed by atoms with E-state index in [2.05, 4.69) is 18.8 Å². The van der Waals surface area contributed by atoms with E-state index >= 15 is 4.39 Å². The minimum atomic E-state index is -1.03. The first-order chi connectivity index (χ1) is 21.1. The first kappa shape index (κ1) is 29.0. The van der Waals surface area contributed by atoms with Crippen molar-refractivity contribution in [3.05, 3.63) is 113 Å². The van der Waals surface area contributed by atoms with Gasteiger partial charge in [-0.3, -0.25) is 0 Å². The zero-order chi connectivity index (χ0) is 31.0. The molecule has 0 bridgehead atoms. The van der Waals surface area contributed by atoms with Crippen molar-refractivity contribution in [1.29, 1.82) is 5.26 Å². The second-order valence-electron chi connectivity index (χ2n) is 11.5. The third-order valence-electron chi connectivity index (χ3n) is 7.95. The lowest BCUT2D eigenvalue weighted by molar-refractivity contribution is 0.0697. The van der Waals surface area contributed by atoms with E-state index in [4.69, 9.17) is 19.7 Å². The highest BCUT2D eigenvalue weighted by Crippen LogP contribution is 2.40. The van der Waals surface area contributed by atoms with Crippen molar-refractivity contribution in [1.82, 2.24) is 14.5 Å². The normalized spacial score (nSPS) is 15.8. The largest absolute Gasteiger partial charge is 0.478 e. The summed E-state index contributed by atoms with van der Waals surface area (Å²) >= 11 is 0. The van der Waals surface area contributed by atoms with Crippen LogP contribution in [0.2, 0.25) is 0 Å². The number of imidazole rings is 1. The molecule has 1 atom stereocenters. The van der Waals surface area contributed by atoms with Gasteiger partial charge in [0, 0.05) is 29.0 Å². The van der Waals surface area contributed by atoms with E-state index < -0.39 is 17.6 Å². The summed E-state index contributed by atoms with van der Waals surface area (Å²) in [5.74, 6) is -1.16. The molecule has 1 aliphatic rings. The van der Waals surface area contributed by atoms with Crippen LogP contribution in [0.25, 0.3) is 22.3 Å². The van der Waals surface area contributed by atoms with Gasteiger partial charge in [0.15, 0.2) is 0 Å². The van der Waals surface area contributed by atoms with Crippen LogP contribution in [0, 0.1) is 28.4 Å². The van der Waals surface area contributed by atoms with Crippen LogP contribution in [0.1, 0.15) is 52.8 Å². The summed E-state index contributed by atoms with van der Waals surface area (Å²) in [5.41, 5.74) is 3.14. The fourth-order valence-corrected chi connectivity index (χ4v) is 5.49. The van der Waals surface area contributed by atoms with Crippen molar-refractivity contribution < 1.29 is 28.2 Å². The minimum Gasteiger partial charge on any atom is -0.478 e. The predicted molar refractivity (Wildman–Crippen MR) is 158 cm³/mol. The van der Waals surface area contributed by atoms with Gasteiger partial charge in [-0.15, -0.1) is 0 Å². The molecule has 1 unspecified atom stereocenters. The van der Waals surface area contributed by atoms with E-state index in [-0.39, 0.29) is 47.1 Å². The topological polar surface area (TPSA) is 110 Å². The number of hydrogen-bond acceptors (Lipinski definition) is 6. The number of fused-ring (bicyclic) bond motifs is 1. The third kappa shape index (κ3) is 5.62. The Hall–Kier alpha value is -5.14. The van der Waals surface area contributed by atoms with Gasteiger partial charge in [0.1, 0.15) is 24.1 Å². The van der Waals surface area contributed by atoms with Gasteiger partial charge < -0.3 is 19.1 Å². The van der Waals surface area contributed by atoms with Crippen LogP contribution >= 0.6 is 0 Å². The van der Waals surface area contributed by atoms with Gasteiger partial charge in [-0.05, 0) is 48.0 Å². The second-order valence-corrected chi connectivity index (χ2v) is 11.5. The molecule has 222 valence electrons. The van der Waals surface area contributed by atoms with Crippen molar-refractivity contribution in [2.75, 3.05) is 13.2 Å². The Morgan fingerprint density at radius 3 is 2.57 bits per heavy atom. The molecule has 0 spiro atoms. The Bertz CT molecular complexity index is 1950. The third-order valence-corrected chi connectivity index (χ3v) is 7.95. The highest BCUT2D eigenvalue weighted by Gasteiger charge is 2.39. The smallest absolute Gasteiger partial charge is 0.335 e. The molecule has 1 fully saturated rings. The van der Waals surface area contributed by atoms with Crippen LogP contribution in [-0.4, -0.2) is 38.8 Å². The van der Waals surface area contributed by atoms with Gasteiger partial charge in [0.2, 0.25) is 5.88 Å². The van der Waals surface area contributed by atoms with Gasteiger partial charge in [-0.25, -0.2) is 23.5 Å². The lowest BCUT2D eigenvalue weighted by Gasteiger charge is -2.28. The van der Waals surface area contributed by atoms with Crippen molar-refractivity contribution in [2.24, 2.45) is 5.41 Å². The number of hydrogen-bond donors (Lipinski definition) is 1. The minimum absolute atomic E-state index is 0.0842. The Balaban J connectivity index is 1.27. The zero-order valence-corrected chi connectivity index (χ0v) is 24.1. The number of halogens is 2. The highest BCUT2D eigenvalue weighted by atomic mass is 19.1. The number of benzene rings is 3. The van der Waals surface area contributed by atoms with Crippen LogP contribution < -0.4 is 4.74 Å². The summed E-state index contributed by atoms with van der Waals surface area (Å²) in [7, 11) is 0. The standard InChI is InChI=1S/C34H28F2N4O4/c1-34(2)19-43-18-30(34)40-29-14-23(33(41)42)10-11-28(29)38-31(40)15-21-8-9-22(13-26(21)36)27-4-3-5-32(39-27)44-17-24-7-6-20(16-37)12-25(24)35/h3-14,30H,15,17-19H2,1-2H3,(H,41,42). The molecule has 6 rings (SSSR count). The van der Waals surface area contributed by atoms with Gasteiger partial charge in [-0.2, -0.15) is 5.26 Å². The number of nitrogens with zero attached hydrogens (tertiary/aromatic N) is 4. The molecule has 8 nitrogen and oxygen atoms in total. The number of ether oxygens (including phenoxy) is 2. The molecule has 0 radical (unpaired) electrons. The molecule has 3 aromatic carbocycles. The lowest BCUT2D eigenvalue weighted by atomic mass is 9.87. The van der Waals surface area contributed by atoms with E-state index in [1.807, 2.05) is 10.6 Å². The number of carboxylic acid groups (broad SMARTS) is 1. The molecule has 44 heavy (non-hydrogen) atoms. The number of carboxylic acids is 1. The molecule has 5 aromatic rings. The Morgan fingerprint density at radius 2 is 1.86 bits per heavy atom. The van der Waals surface area contributed by atoms with E-state index in [0.717, 1.165) is 6.07 Å². The van der Waals surface area contributed by atoms with Crippen LogP contribution in [-0.2, 0) is 17.8 Å². The second kappa shape index (κ2) is 11.5. The number of aromatic nitrogens is 3. The molecule has 0 aliphatic carbocycles. The quantitative estimate of drug-likeness (QED) is 0.213. The van der Waals surface area contributed by atoms with Gasteiger partial charge in [0.25, 0.3) is 0 Å². The molecule has 3 heterocycles. The van der Waals surface area contributed by atoms with Gasteiger partial charge >= 0.3 is 5.97 Å². The first-order valence-electron chi connectivity index (χ1n) is 14.0. The molecular weight excluding hydrogens is 566 g/mol. The lowest BCUT2D eigenvalue weighted by Crippen LogP contribution is -2.27. The van der Waals surface area contributed by atoms with Gasteiger partial charge in [-0.1, -0.05) is 38.1 Å². The molecular formula is C34H28F2N4O4. The fourth-order valence-electron chi connectivity index (χ4n) is 5.49. The first-order valence-corrected chi connectivity index (χ1v) is 14.0. The van der Waals surface area contributed by atoms with Crippen LogP contribution in [0.15, 0.2) is 72.8 Å². The number of rotatable bonds is 8. The van der Waals surface area contributed by atoms with E-state index in [0.29, 0.717) is 46.9 Å². The average Bonchev–Trinajstić information content (AvgIpc) is 3.54.